The van der Waals surface area contributed by atoms with Crippen molar-refractivity contribution >= 4 is 5.91 Å². The number of carbonyl (C=O) groups excluding carboxylic acids is 1. The third-order valence-electron chi connectivity index (χ3n) is 6.71. The van der Waals surface area contributed by atoms with Crippen LogP contribution in [0.5, 0.6) is 5.75 Å². The zero-order valence-electron chi connectivity index (χ0n) is 18.2. The summed E-state index contributed by atoms with van der Waals surface area (Å²) in [6.45, 7) is 1.12. The van der Waals surface area contributed by atoms with E-state index in [-0.39, 0.29) is 17.8 Å². The lowest BCUT2D eigenvalue weighted by atomic mass is 9.95. The zero-order chi connectivity index (χ0) is 22.1. The first kappa shape index (κ1) is 20.7. The van der Waals surface area contributed by atoms with Crippen molar-refractivity contribution < 1.29 is 13.9 Å². The summed E-state index contributed by atoms with van der Waals surface area (Å²) < 4.78 is 19.6. The normalized spacial score (nSPS) is 22.6. The van der Waals surface area contributed by atoms with E-state index in [4.69, 9.17) is 4.74 Å². The Morgan fingerprint density at radius 2 is 1.91 bits per heavy atom. The van der Waals surface area contributed by atoms with Crippen molar-refractivity contribution in [1.82, 2.24) is 10.2 Å². The molecule has 32 heavy (non-hydrogen) atoms. The van der Waals surface area contributed by atoms with Crippen LogP contribution in [0.1, 0.15) is 36.4 Å². The number of halogens is 1. The largest absolute Gasteiger partial charge is 0.488 e. The van der Waals surface area contributed by atoms with Gasteiger partial charge in [-0.1, -0.05) is 48.5 Å². The number of para-hydroxylation sites is 1. The summed E-state index contributed by atoms with van der Waals surface area (Å²) in [4.78, 5) is 14.5. The molecule has 1 amide bonds. The lowest BCUT2D eigenvalue weighted by molar-refractivity contribution is -0.131. The number of nitrogens with one attached hydrogen (secondary N) is 1. The van der Waals surface area contributed by atoms with E-state index in [0.717, 1.165) is 48.2 Å². The fourth-order valence-electron chi connectivity index (χ4n) is 4.96. The van der Waals surface area contributed by atoms with Crippen LogP contribution in [-0.4, -0.2) is 29.9 Å². The molecular formula is C27H27FN2O2. The van der Waals surface area contributed by atoms with Crippen molar-refractivity contribution in [2.45, 2.75) is 37.5 Å². The number of hydrogen-bond donors (Lipinski definition) is 1. The van der Waals surface area contributed by atoms with Crippen LogP contribution in [0, 0.1) is 5.82 Å². The summed E-state index contributed by atoms with van der Waals surface area (Å²) in [6.07, 6.45) is 2.69. The van der Waals surface area contributed by atoms with Gasteiger partial charge < -0.3 is 9.64 Å². The Morgan fingerprint density at radius 1 is 1.06 bits per heavy atom. The first-order valence-corrected chi connectivity index (χ1v) is 11.1. The van der Waals surface area contributed by atoms with Crippen molar-refractivity contribution in [2.24, 2.45) is 0 Å². The highest BCUT2D eigenvalue weighted by atomic mass is 19.1. The number of rotatable bonds is 5. The summed E-state index contributed by atoms with van der Waals surface area (Å²) in [6, 6.07) is 23.0. The minimum atomic E-state index is -0.401. The molecule has 2 aliphatic heterocycles. The van der Waals surface area contributed by atoms with E-state index in [0.29, 0.717) is 6.61 Å². The Hall–Kier alpha value is -3.18. The predicted molar refractivity (Wildman–Crippen MR) is 123 cm³/mol. The molecule has 2 saturated heterocycles. The molecule has 0 saturated carbocycles. The maximum atomic E-state index is 13.5. The van der Waals surface area contributed by atoms with Gasteiger partial charge in [0.1, 0.15) is 23.7 Å². The first-order valence-electron chi connectivity index (χ1n) is 11.1. The highest BCUT2D eigenvalue weighted by Gasteiger charge is 2.49. The Bertz CT molecular complexity index is 1150. The fourth-order valence-corrected chi connectivity index (χ4v) is 4.96. The molecule has 2 heterocycles. The van der Waals surface area contributed by atoms with E-state index >= 15 is 0 Å². The van der Waals surface area contributed by atoms with Crippen molar-refractivity contribution in [1.29, 1.82) is 0 Å². The summed E-state index contributed by atoms with van der Waals surface area (Å²) >= 11 is 0. The average molecular weight is 431 g/mol. The summed E-state index contributed by atoms with van der Waals surface area (Å²) in [5.41, 5.74) is 3.63. The second kappa shape index (κ2) is 8.40. The third kappa shape index (κ3) is 3.89. The van der Waals surface area contributed by atoms with E-state index in [1.807, 2.05) is 42.3 Å². The van der Waals surface area contributed by atoms with Crippen LogP contribution in [0.4, 0.5) is 4.39 Å². The summed E-state index contributed by atoms with van der Waals surface area (Å²) in [5.74, 6) is 0.713. The van der Waals surface area contributed by atoms with Crippen molar-refractivity contribution in [3.8, 4) is 16.9 Å². The molecule has 2 atom stereocenters. The average Bonchev–Trinajstić information content (AvgIpc) is 3.38. The van der Waals surface area contributed by atoms with E-state index in [9.17, 15) is 9.18 Å². The number of likely N-dealkylation sites (tertiary alicyclic amines) is 1. The lowest BCUT2D eigenvalue weighted by Crippen LogP contribution is -2.47. The third-order valence-corrected chi connectivity index (χ3v) is 6.71. The molecular weight excluding hydrogens is 403 g/mol. The number of nitrogens with zero attached hydrogens (tertiary/aromatic N) is 1. The second-order valence-electron chi connectivity index (χ2n) is 8.83. The molecule has 5 heteroatoms. The van der Waals surface area contributed by atoms with E-state index in [1.54, 1.807) is 6.07 Å². The molecule has 0 radical (unpaired) electrons. The van der Waals surface area contributed by atoms with E-state index in [1.165, 1.54) is 17.7 Å². The van der Waals surface area contributed by atoms with Gasteiger partial charge in [0, 0.05) is 25.2 Å². The second-order valence-corrected chi connectivity index (χ2v) is 8.83. The van der Waals surface area contributed by atoms with Gasteiger partial charge >= 0.3 is 0 Å². The molecule has 0 unspecified atom stereocenters. The molecule has 4 nitrogen and oxygen atoms in total. The maximum absolute atomic E-state index is 13.5. The quantitative estimate of drug-likeness (QED) is 0.613. The Kier molecular flexibility index (Phi) is 5.43. The van der Waals surface area contributed by atoms with Gasteiger partial charge in [0.2, 0.25) is 5.91 Å². The molecule has 2 aliphatic rings. The lowest BCUT2D eigenvalue weighted by Gasteiger charge is -2.23. The molecule has 3 aromatic carbocycles. The Balaban J connectivity index is 1.37. The van der Waals surface area contributed by atoms with Gasteiger partial charge in [0.15, 0.2) is 0 Å². The number of hydrogen-bond acceptors (Lipinski definition) is 3. The van der Waals surface area contributed by atoms with E-state index < -0.39 is 5.54 Å². The Labute approximate surface area is 188 Å². The highest BCUT2D eigenvalue weighted by molar-refractivity contribution is 5.88. The van der Waals surface area contributed by atoms with Gasteiger partial charge in [-0.25, -0.2) is 4.39 Å². The summed E-state index contributed by atoms with van der Waals surface area (Å²) in [5, 5.41) is 3.65. The van der Waals surface area contributed by atoms with Crippen LogP contribution in [0.25, 0.3) is 11.1 Å². The summed E-state index contributed by atoms with van der Waals surface area (Å²) in [7, 11) is 1.88. The minimum Gasteiger partial charge on any atom is -0.488 e. The van der Waals surface area contributed by atoms with Crippen LogP contribution in [0.2, 0.25) is 0 Å². The van der Waals surface area contributed by atoms with Gasteiger partial charge in [-0.05, 0) is 60.2 Å². The number of carbonyl (C=O) groups is 1. The maximum Gasteiger partial charge on any atom is 0.242 e. The van der Waals surface area contributed by atoms with Crippen molar-refractivity contribution in [2.75, 3.05) is 13.6 Å². The van der Waals surface area contributed by atoms with Gasteiger partial charge in [-0.2, -0.15) is 0 Å². The molecule has 5 rings (SSSR count). The molecule has 3 aromatic rings. The molecule has 0 aromatic heterocycles. The molecule has 1 N–H and O–H groups in total. The van der Waals surface area contributed by atoms with Gasteiger partial charge in [0.25, 0.3) is 0 Å². The minimum absolute atomic E-state index is 0.158. The van der Waals surface area contributed by atoms with Crippen LogP contribution in [0.15, 0.2) is 72.8 Å². The number of ether oxygens (including phenoxy) is 1. The molecule has 0 bridgehead atoms. The highest BCUT2D eigenvalue weighted by Crippen LogP contribution is 2.40. The van der Waals surface area contributed by atoms with E-state index in [2.05, 4.69) is 29.6 Å². The van der Waals surface area contributed by atoms with Crippen LogP contribution in [-0.2, 0) is 11.4 Å². The zero-order valence-corrected chi connectivity index (χ0v) is 18.2. The Morgan fingerprint density at radius 3 is 2.72 bits per heavy atom. The smallest absolute Gasteiger partial charge is 0.242 e. The monoisotopic (exact) mass is 430 g/mol. The number of amides is 1. The van der Waals surface area contributed by atoms with Crippen molar-refractivity contribution in [3.63, 3.8) is 0 Å². The number of likely N-dealkylation sites (N-methyl/N-ethyl adjacent to an activating group) is 1. The molecule has 164 valence electrons. The predicted octanol–water partition coefficient (Wildman–Crippen LogP) is 5.10. The van der Waals surface area contributed by atoms with Gasteiger partial charge in [0.05, 0.1) is 0 Å². The van der Waals surface area contributed by atoms with Crippen LogP contribution >= 0.6 is 0 Å². The van der Waals surface area contributed by atoms with Crippen LogP contribution < -0.4 is 10.1 Å². The van der Waals surface area contributed by atoms with Crippen molar-refractivity contribution in [3.05, 3.63) is 89.7 Å². The number of benzene rings is 3. The standard InChI is InChI=1S/C27H27FN2O2/c1-30-15-14-27(26(30)31)13-12-24(29-27)21-8-5-7-20(17-21)23-10-2-3-11-25(23)32-18-19-6-4-9-22(28)16-19/h2-11,16-17,24,29H,12-15,18H2,1H3/t24-,27-/m1/s1. The SMILES string of the molecule is CN1CC[C@]2(CC[C@H](c3cccc(-c4ccccc4OCc4cccc(F)c4)c3)N2)C1=O. The fraction of sp³-hybridized carbons (Fsp3) is 0.296. The molecule has 2 fully saturated rings. The first-order chi connectivity index (χ1) is 15.5. The topological polar surface area (TPSA) is 41.6 Å². The van der Waals surface area contributed by atoms with Crippen LogP contribution in [0.3, 0.4) is 0 Å². The molecule has 0 aliphatic carbocycles. The van der Waals surface area contributed by atoms with Gasteiger partial charge in [-0.3, -0.25) is 10.1 Å². The molecule has 1 spiro atoms. The van der Waals surface area contributed by atoms with Gasteiger partial charge in [-0.15, -0.1) is 0 Å².